The maximum atomic E-state index is 16.1. The Hall–Kier alpha value is -1.85. The first kappa shape index (κ1) is 19.8. The van der Waals surface area contributed by atoms with Crippen LogP contribution in [0.25, 0.3) is 11.2 Å². The lowest BCUT2D eigenvalue weighted by Crippen LogP contribution is -2.45. The quantitative estimate of drug-likeness (QED) is 0.688. The fraction of sp³-hybridized carbons (Fsp3) is 0.722. The van der Waals surface area contributed by atoms with Crippen LogP contribution in [-0.4, -0.2) is 63.2 Å². The second kappa shape index (κ2) is 6.82. The number of ether oxygens (including phenoxy) is 1. The molecule has 2 aromatic rings. The summed E-state index contributed by atoms with van der Waals surface area (Å²) in [6, 6.07) is 0. The third-order valence-corrected chi connectivity index (χ3v) is 7.99. The molecule has 0 radical (unpaired) electrons. The van der Waals surface area contributed by atoms with Gasteiger partial charge in [0.25, 0.3) is 0 Å². The largest absolute Gasteiger partial charge is 0.475 e. The van der Waals surface area contributed by atoms with E-state index >= 15 is 4.39 Å². The Balaban J connectivity index is 1.33. The van der Waals surface area contributed by atoms with Gasteiger partial charge in [-0.1, -0.05) is 0 Å². The number of phosphoric acid groups is 1. The van der Waals surface area contributed by atoms with Gasteiger partial charge in [-0.15, -0.1) is 0 Å². The number of nitrogen functional groups attached to an aromatic ring is 1. The standard InChI is InChI=1S/C18H24FN6O5P/c1-18(19)13-11(8-27-31(26,30-13)29-10-4-2-5-10)28-16(18)25-9-21-12-14(24-6-3-7-24)22-17(20)23-15(12)25/h9-11,13,16H,2-8H2,1H3,(H2,20,22,23)/t11?,13-,16-,18-,31-/m1/s1. The number of fused-ring (bicyclic) bond motifs is 2. The molecule has 0 spiro atoms. The highest BCUT2D eigenvalue weighted by Gasteiger charge is 2.62. The van der Waals surface area contributed by atoms with Crippen LogP contribution in [0.15, 0.2) is 6.33 Å². The molecule has 1 unspecified atom stereocenters. The first-order valence-electron chi connectivity index (χ1n) is 10.5. The molecule has 1 aliphatic carbocycles. The second-order valence-corrected chi connectivity index (χ2v) is 10.2. The van der Waals surface area contributed by atoms with Crippen LogP contribution in [0.3, 0.4) is 0 Å². The summed E-state index contributed by atoms with van der Waals surface area (Å²) < 4.78 is 52.9. The zero-order valence-corrected chi connectivity index (χ0v) is 17.9. The van der Waals surface area contributed by atoms with E-state index in [-0.39, 0.29) is 18.7 Å². The highest BCUT2D eigenvalue weighted by atomic mass is 31.2. The van der Waals surface area contributed by atoms with Crippen LogP contribution in [-0.2, 0) is 22.9 Å². The van der Waals surface area contributed by atoms with Gasteiger partial charge in [0.2, 0.25) is 5.95 Å². The predicted octanol–water partition coefficient (Wildman–Crippen LogP) is 2.34. The van der Waals surface area contributed by atoms with Crippen molar-refractivity contribution in [3.05, 3.63) is 6.33 Å². The van der Waals surface area contributed by atoms with E-state index in [1.807, 2.05) is 4.90 Å². The van der Waals surface area contributed by atoms with Gasteiger partial charge in [-0.3, -0.25) is 18.1 Å². The maximum absolute atomic E-state index is 16.1. The predicted molar refractivity (Wildman–Crippen MR) is 107 cm³/mol. The molecule has 3 aliphatic heterocycles. The molecule has 2 aromatic heterocycles. The first-order valence-corrected chi connectivity index (χ1v) is 12.0. The average Bonchev–Trinajstić information content (AvgIpc) is 3.16. The Morgan fingerprint density at radius 1 is 1.32 bits per heavy atom. The van der Waals surface area contributed by atoms with E-state index in [2.05, 4.69) is 15.0 Å². The molecular formula is C18H24FN6O5P. The van der Waals surface area contributed by atoms with E-state index in [0.717, 1.165) is 38.8 Å². The fourth-order valence-electron chi connectivity index (χ4n) is 4.40. The van der Waals surface area contributed by atoms with Gasteiger partial charge in [-0.05, 0) is 32.6 Å². The molecular weight excluding hydrogens is 430 g/mol. The second-order valence-electron chi connectivity index (χ2n) is 8.68. The Kier molecular flexibility index (Phi) is 4.36. The van der Waals surface area contributed by atoms with Crippen LogP contribution in [0.1, 0.15) is 38.8 Å². The number of nitrogens with two attached hydrogens (primary N) is 1. The molecule has 13 heteroatoms. The Morgan fingerprint density at radius 3 is 2.81 bits per heavy atom. The molecule has 4 fully saturated rings. The maximum Gasteiger partial charge on any atom is 0.475 e. The number of phosphoric ester groups is 1. The molecule has 0 amide bonds. The summed E-state index contributed by atoms with van der Waals surface area (Å²) in [5.41, 5.74) is 4.79. The summed E-state index contributed by atoms with van der Waals surface area (Å²) in [5.74, 6) is 0.701. The highest BCUT2D eigenvalue weighted by Crippen LogP contribution is 2.61. The molecule has 6 rings (SSSR count). The third-order valence-electron chi connectivity index (χ3n) is 6.48. The number of anilines is 2. The summed E-state index contributed by atoms with van der Waals surface area (Å²) in [4.78, 5) is 15.1. The topological polar surface area (TPSA) is 127 Å². The van der Waals surface area contributed by atoms with Crippen molar-refractivity contribution < 1.29 is 27.3 Å². The Bertz CT molecular complexity index is 1070. The Morgan fingerprint density at radius 2 is 2.13 bits per heavy atom. The average molecular weight is 454 g/mol. The number of hydrogen-bond donors (Lipinski definition) is 1. The molecule has 1 saturated carbocycles. The van der Waals surface area contributed by atoms with Gasteiger partial charge >= 0.3 is 7.82 Å². The van der Waals surface area contributed by atoms with Gasteiger partial charge in [-0.25, -0.2) is 13.9 Å². The van der Waals surface area contributed by atoms with Crippen LogP contribution < -0.4 is 10.6 Å². The van der Waals surface area contributed by atoms with Crippen LogP contribution >= 0.6 is 7.82 Å². The summed E-state index contributed by atoms with van der Waals surface area (Å²) in [7, 11) is -3.86. The molecule has 168 valence electrons. The molecule has 3 saturated heterocycles. The van der Waals surface area contributed by atoms with Crippen LogP contribution in [0.2, 0.25) is 0 Å². The van der Waals surface area contributed by atoms with E-state index in [1.54, 1.807) is 0 Å². The van der Waals surface area contributed by atoms with Gasteiger partial charge in [0.05, 0.1) is 19.0 Å². The van der Waals surface area contributed by atoms with Gasteiger partial charge in [0.15, 0.2) is 28.9 Å². The molecule has 2 N–H and O–H groups in total. The smallest absolute Gasteiger partial charge is 0.368 e. The van der Waals surface area contributed by atoms with Crippen molar-refractivity contribution >= 4 is 30.8 Å². The summed E-state index contributed by atoms with van der Waals surface area (Å²) in [5, 5.41) is 0. The van der Waals surface area contributed by atoms with Crippen molar-refractivity contribution in [2.45, 2.75) is 62.8 Å². The minimum absolute atomic E-state index is 0.0742. The van der Waals surface area contributed by atoms with E-state index in [4.69, 9.17) is 24.0 Å². The summed E-state index contributed by atoms with van der Waals surface area (Å²) in [6.07, 6.45) is 1.94. The number of imidazole rings is 1. The zero-order chi connectivity index (χ0) is 21.4. The van der Waals surface area contributed by atoms with Crippen molar-refractivity contribution in [3.63, 3.8) is 0 Å². The van der Waals surface area contributed by atoms with Crippen LogP contribution in [0, 0.1) is 0 Å². The van der Waals surface area contributed by atoms with Crippen LogP contribution in [0.4, 0.5) is 16.2 Å². The third kappa shape index (κ3) is 3.07. The molecule has 5 atom stereocenters. The van der Waals surface area contributed by atoms with E-state index < -0.39 is 31.9 Å². The fourth-order valence-corrected chi connectivity index (χ4v) is 6.09. The SMILES string of the molecule is C[C@@]1(F)[C@@H]2O[P@@](=O)(OC3CCC3)OCC2O[C@H]1n1cnc2c(N3CCC3)nc(N)nc21. The van der Waals surface area contributed by atoms with Gasteiger partial charge in [-0.2, -0.15) is 9.97 Å². The lowest BCUT2D eigenvalue weighted by molar-refractivity contribution is -0.0788. The normalized spacial score (nSPS) is 38.1. The number of alkyl halides is 1. The zero-order valence-electron chi connectivity index (χ0n) is 17.0. The number of halogens is 1. The van der Waals surface area contributed by atoms with Gasteiger partial charge in [0.1, 0.15) is 12.2 Å². The van der Waals surface area contributed by atoms with E-state index in [0.29, 0.717) is 17.0 Å². The first-order chi connectivity index (χ1) is 14.8. The van der Waals surface area contributed by atoms with Crippen molar-refractivity contribution in [1.82, 2.24) is 19.5 Å². The van der Waals surface area contributed by atoms with Crippen molar-refractivity contribution in [2.75, 3.05) is 30.3 Å². The molecule has 5 heterocycles. The van der Waals surface area contributed by atoms with Crippen molar-refractivity contribution in [3.8, 4) is 0 Å². The van der Waals surface area contributed by atoms with Crippen molar-refractivity contribution in [1.29, 1.82) is 0 Å². The summed E-state index contributed by atoms with van der Waals surface area (Å²) >= 11 is 0. The number of aromatic nitrogens is 4. The van der Waals surface area contributed by atoms with Gasteiger partial charge < -0.3 is 15.4 Å². The van der Waals surface area contributed by atoms with E-state index in [9.17, 15) is 4.57 Å². The minimum Gasteiger partial charge on any atom is -0.368 e. The lowest BCUT2D eigenvalue weighted by Gasteiger charge is -2.36. The van der Waals surface area contributed by atoms with Crippen molar-refractivity contribution in [2.24, 2.45) is 0 Å². The minimum atomic E-state index is -3.86. The van der Waals surface area contributed by atoms with E-state index in [1.165, 1.54) is 17.8 Å². The molecule has 11 nitrogen and oxygen atoms in total. The molecule has 4 aliphatic rings. The Labute approximate surface area is 177 Å². The lowest BCUT2D eigenvalue weighted by atomic mass is 9.97. The monoisotopic (exact) mass is 454 g/mol. The molecule has 31 heavy (non-hydrogen) atoms. The highest BCUT2D eigenvalue weighted by molar-refractivity contribution is 7.48. The number of nitrogens with zero attached hydrogens (tertiary/aromatic N) is 5. The summed E-state index contributed by atoms with van der Waals surface area (Å²) in [6.45, 7) is 2.97. The number of rotatable bonds is 4. The molecule has 0 aromatic carbocycles. The van der Waals surface area contributed by atoms with Crippen LogP contribution in [0.5, 0.6) is 0 Å². The number of hydrogen-bond acceptors (Lipinski definition) is 10. The molecule has 0 bridgehead atoms. The van der Waals surface area contributed by atoms with Gasteiger partial charge in [0, 0.05) is 13.1 Å².